The van der Waals surface area contributed by atoms with E-state index < -0.39 is 0 Å². The van der Waals surface area contributed by atoms with Gasteiger partial charge in [-0.25, -0.2) is 0 Å². The average Bonchev–Trinajstić information content (AvgIpc) is 0. The van der Waals surface area contributed by atoms with Crippen LogP contribution in [0.5, 0.6) is 0 Å². The van der Waals surface area contributed by atoms with Gasteiger partial charge in [0.2, 0.25) is 0 Å². The van der Waals surface area contributed by atoms with Gasteiger partial charge in [0.25, 0.3) is 0 Å². The van der Waals surface area contributed by atoms with Crippen LogP contribution in [0.3, 0.4) is 0 Å². The van der Waals surface area contributed by atoms with Crippen LogP contribution < -0.4 is 0 Å². The zero-order valence-electron chi connectivity index (χ0n) is 1.19. The molecule has 0 unspecified atom stereocenters. The second kappa shape index (κ2) is 15.6. The van der Waals surface area contributed by atoms with E-state index in [-0.39, 0.29) is 152 Å². The monoisotopic (exact) mass is 447 g/mol. The zero-order chi connectivity index (χ0) is 0. The van der Waals surface area contributed by atoms with Gasteiger partial charge in [-0.2, -0.15) is 0 Å². The van der Waals surface area contributed by atoms with Crippen molar-refractivity contribution >= 4 is 103 Å². The minimum atomic E-state index is 0. The molecule has 0 aliphatic heterocycles. The quantitative estimate of drug-likeness (QED) is 0.508. The Balaban J connectivity index is 0. The van der Waals surface area contributed by atoms with Crippen LogP contribution in [-0.2, 0) is 0 Å². The third kappa shape index (κ3) is 9.78. The van der Waals surface area contributed by atoms with E-state index in [0.29, 0.717) is 0 Å². The zero-order valence-corrected chi connectivity index (χ0v) is 7.05. The fourth-order valence-corrected chi connectivity index (χ4v) is 0. The summed E-state index contributed by atoms with van der Waals surface area (Å²) in [7, 11) is 0. The van der Waals surface area contributed by atoms with Crippen molar-refractivity contribution in [3.05, 3.63) is 0 Å². The minimum absolute atomic E-state index is 0. The molecule has 4 heavy (non-hydrogen) atoms. The molecule has 25 valence electrons. The van der Waals surface area contributed by atoms with Crippen molar-refractivity contribution in [1.82, 2.24) is 0 Å². The molecule has 0 heterocycles. The molecule has 0 atom stereocenters. The van der Waals surface area contributed by atoms with Crippen molar-refractivity contribution in [2.45, 2.75) is 0 Å². The number of rotatable bonds is 0. The number of hydrogen-bond acceptors (Lipinski definition) is 0. The normalized spacial score (nSPS) is 0. The summed E-state index contributed by atoms with van der Waals surface area (Å²) >= 11 is 0. The smallest absolute Gasteiger partial charge is 0 e. The first-order valence-corrected chi connectivity index (χ1v) is 0. The minimum Gasteiger partial charge on any atom is 0 e. The largest absolute Gasteiger partial charge is 0 e. The maximum atomic E-state index is 0. The van der Waals surface area contributed by atoms with Gasteiger partial charge in [-0.1, -0.05) is 0 Å². The Morgan fingerprint density at radius 2 is 0.750 bits per heavy atom. The van der Waals surface area contributed by atoms with E-state index in [9.17, 15) is 0 Å². The number of hydrogen-bond donors (Lipinski definition) is 0. The number of halogens is 2. The molecule has 0 spiro atoms. The topological polar surface area (TPSA) is 0 Å². The van der Waals surface area contributed by atoms with Gasteiger partial charge in [0, 0.05) is 49.4 Å². The van der Waals surface area contributed by atoms with Crippen molar-refractivity contribution < 1.29 is 49.4 Å². The van der Waals surface area contributed by atoms with Gasteiger partial charge in [0.15, 0.2) is 0 Å². The van der Waals surface area contributed by atoms with E-state index in [1.54, 1.807) is 0 Å². The molecule has 4 heteroatoms. The summed E-state index contributed by atoms with van der Waals surface area (Å²) in [5.74, 6) is 0. The Kier molecular flexibility index (Phi) is 91.8. The molecule has 0 aromatic heterocycles. The first-order chi connectivity index (χ1) is 0. The van der Waals surface area contributed by atoms with Crippen LogP contribution in [0.2, 0.25) is 0 Å². The molecule has 0 aromatic carbocycles. The van der Waals surface area contributed by atoms with Crippen LogP contribution in [0.1, 0.15) is 0 Å². The summed E-state index contributed by atoms with van der Waals surface area (Å²) in [5.41, 5.74) is 0. The van der Waals surface area contributed by atoms with Crippen molar-refractivity contribution in [3.63, 3.8) is 0 Å². The molecule has 0 bridgehead atoms. The molecule has 0 aromatic rings. The summed E-state index contributed by atoms with van der Waals surface area (Å²) in [6.07, 6.45) is 0. The van der Waals surface area contributed by atoms with E-state index in [2.05, 4.69) is 0 Å². The molecule has 0 saturated carbocycles. The van der Waals surface area contributed by atoms with Gasteiger partial charge in [-0.3, -0.25) is 0 Å². The first kappa shape index (κ1) is 23.5. The van der Waals surface area contributed by atoms with E-state index in [1.807, 2.05) is 0 Å². The third-order valence-electron chi connectivity index (χ3n) is 0. The standard InChI is InChI=1S/2BrH.Cs.Eu.H/h2*1H;;;. The molecular weight excluding hydrogens is 445 g/mol. The second-order valence-corrected chi connectivity index (χ2v) is 0. The molecule has 0 rings (SSSR count). The Morgan fingerprint density at radius 1 is 0.750 bits per heavy atom. The summed E-state index contributed by atoms with van der Waals surface area (Å²) in [4.78, 5) is 0. The Labute approximate surface area is 147 Å². The maximum Gasteiger partial charge on any atom is 0 e. The van der Waals surface area contributed by atoms with Crippen LogP contribution >= 0.6 is 34.0 Å². The van der Waals surface area contributed by atoms with Gasteiger partial charge in [-0.15, -0.1) is 34.0 Å². The van der Waals surface area contributed by atoms with Gasteiger partial charge in [0.05, 0.1) is 0 Å². The summed E-state index contributed by atoms with van der Waals surface area (Å²) in [5, 5.41) is 0. The van der Waals surface area contributed by atoms with Crippen LogP contribution in [0.4, 0.5) is 0 Å². The van der Waals surface area contributed by atoms with E-state index in [4.69, 9.17) is 0 Å². The van der Waals surface area contributed by atoms with Crippen LogP contribution in [0, 0.1) is 49.4 Å². The van der Waals surface area contributed by atoms with Crippen LogP contribution in [-0.4, -0.2) is 68.9 Å². The van der Waals surface area contributed by atoms with Crippen molar-refractivity contribution in [2.75, 3.05) is 0 Å². The van der Waals surface area contributed by atoms with Gasteiger partial charge >= 0.3 is 68.9 Å². The van der Waals surface area contributed by atoms with Crippen LogP contribution in [0.25, 0.3) is 0 Å². The molecule has 0 aliphatic rings. The molecule has 0 amide bonds. The van der Waals surface area contributed by atoms with E-state index >= 15 is 0 Å². The van der Waals surface area contributed by atoms with Gasteiger partial charge < -0.3 is 0 Å². The molecule has 0 N–H and O–H groups in total. The fourth-order valence-electron chi connectivity index (χ4n) is 0. The average molecular weight is 448 g/mol. The van der Waals surface area contributed by atoms with Crippen molar-refractivity contribution in [1.29, 1.82) is 0 Å². The Bertz CT molecular complexity index is 6.00. The molecule has 0 fully saturated rings. The maximum absolute atomic E-state index is 0. The Morgan fingerprint density at radius 3 is 0.750 bits per heavy atom. The van der Waals surface area contributed by atoms with Gasteiger partial charge in [-0.05, 0) is 0 Å². The summed E-state index contributed by atoms with van der Waals surface area (Å²) in [6.45, 7) is 0. The van der Waals surface area contributed by atoms with E-state index in [0.717, 1.165) is 0 Å². The van der Waals surface area contributed by atoms with Crippen molar-refractivity contribution in [2.24, 2.45) is 0 Å². The summed E-state index contributed by atoms with van der Waals surface area (Å²) < 4.78 is 0. The predicted octanol–water partition coefficient (Wildman–Crippen LogP) is 0.507. The molecule has 0 aliphatic carbocycles. The van der Waals surface area contributed by atoms with E-state index in [1.165, 1.54) is 0 Å². The predicted molar refractivity (Wildman–Crippen MR) is 27.8 cm³/mol. The molecule has 1 radical (unpaired) electrons. The fraction of sp³-hybridized carbons (Fsp3) is 0. The Hall–Kier alpha value is 4.60. The third-order valence-corrected chi connectivity index (χ3v) is 0. The molecular formula is H3Br2CsEu. The van der Waals surface area contributed by atoms with Crippen LogP contribution in [0.15, 0.2) is 0 Å². The molecule has 0 nitrogen and oxygen atoms in total. The summed E-state index contributed by atoms with van der Waals surface area (Å²) in [6, 6.07) is 0. The second-order valence-electron chi connectivity index (χ2n) is 0. The van der Waals surface area contributed by atoms with Gasteiger partial charge in [0.1, 0.15) is 0 Å². The van der Waals surface area contributed by atoms with Crippen molar-refractivity contribution in [3.8, 4) is 0 Å². The molecule has 0 saturated heterocycles. The first-order valence-electron chi connectivity index (χ1n) is 0. The SMILES string of the molecule is Br.Br.[CsH].[Eu].